The molecule has 0 bridgehead atoms. The third-order valence-corrected chi connectivity index (χ3v) is 5.44. The van der Waals surface area contributed by atoms with E-state index in [1.807, 2.05) is 30.3 Å². The highest BCUT2D eigenvalue weighted by molar-refractivity contribution is 5.70. The Morgan fingerprint density at radius 3 is 2.37 bits per heavy atom. The van der Waals surface area contributed by atoms with Gasteiger partial charge in [-0.3, -0.25) is 0 Å². The summed E-state index contributed by atoms with van der Waals surface area (Å²) in [6.45, 7) is 3.18. The van der Waals surface area contributed by atoms with Crippen LogP contribution in [-0.2, 0) is 0 Å². The summed E-state index contributed by atoms with van der Waals surface area (Å²) in [7, 11) is 0. The molecule has 2 aromatic carbocycles. The van der Waals surface area contributed by atoms with Crippen LogP contribution in [0.3, 0.4) is 0 Å². The van der Waals surface area contributed by atoms with Gasteiger partial charge < -0.3 is 23.7 Å². The zero-order valence-corrected chi connectivity index (χ0v) is 16.2. The molecule has 0 amide bonds. The molecule has 3 heterocycles. The second-order valence-corrected chi connectivity index (χ2v) is 7.15. The van der Waals surface area contributed by atoms with Crippen molar-refractivity contribution in [3.05, 3.63) is 70.6 Å². The van der Waals surface area contributed by atoms with Crippen molar-refractivity contribution in [1.29, 1.82) is 5.26 Å². The van der Waals surface area contributed by atoms with Gasteiger partial charge in [-0.1, -0.05) is 18.2 Å². The summed E-state index contributed by atoms with van der Waals surface area (Å²) in [4.78, 5) is 16.9. The molecule has 150 valence electrons. The molecule has 0 radical (unpaired) electrons. The summed E-state index contributed by atoms with van der Waals surface area (Å²) in [5.74, 6) is 1.67. The highest BCUT2D eigenvalue weighted by atomic mass is 16.7. The molecule has 1 fully saturated rings. The van der Waals surface area contributed by atoms with E-state index < -0.39 is 5.63 Å². The maximum atomic E-state index is 12.5. The largest absolute Gasteiger partial charge is 0.454 e. The molecule has 0 aliphatic carbocycles. The Morgan fingerprint density at radius 1 is 0.867 bits per heavy atom. The fraction of sp³-hybridized carbons (Fsp3) is 0.217. The molecular formula is C23H19N3O4. The van der Waals surface area contributed by atoms with Gasteiger partial charge in [0.1, 0.15) is 11.8 Å². The first kappa shape index (κ1) is 18.1. The number of fused-ring (bicyclic) bond motifs is 1. The third kappa shape index (κ3) is 3.22. The van der Waals surface area contributed by atoms with E-state index >= 15 is 0 Å². The molecule has 1 aromatic heterocycles. The Balaban J connectivity index is 1.45. The van der Waals surface area contributed by atoms with Crippen molar-refractivity contribution in [3.63, 3.8) is 0 Å². The first-order valence-electron chi connectivity index (χ1n) is 9.76. The van der Waals surface area contributed by atoms with Crippen LogP contribution in [0.1, 0.15) is 5.56 Å². The Hall–Kier alpha value is -3.92. The van der Waals surface area contributed by atoms with Gasteiger partial charge in [0.05, 0.1) is 5.69 Å². The predicted molar refractivity (Wildman–Crippen MR) is 112 cm³/mol. The smallest absolute Gasteiger partial charge is 0.356 e. The lowest BCUT2D eigenvalue weighted by atomic mass is 10.1. The van der Waals surface area contributed by atoms with Gasteiger partial charge in [-0.2, -0.15) is 5.26 Å². The minimum Gasteiger partial charge on any atom is -0.454 e. The third-order valence-electron chi connectivity index (χ3n) is 5.44. The molecule has 30 heavy (non-hydrogen) atoms. The van der Waals surface area contributed by atoms with Crippen molar-refractivity contribution in [2.45, 2.75) is 0 Å². The van der Waals surface area contributed by atoms with Crippen LogP contribution in [-0.4, -0.2) is 33.0 Å². The van der Waals surface area contributed by atoms with E-state index in [1.165, 1.54) is 5.69 Å². The lowest BCUT2D eigenvalue weighted by Gasteiger charge is -2.37. The zero-order valence-electron chi connectivity index (χ0n) is 16.2. The first-order chi connectivity index (χ1) is 14.7. The number of hydrogen-bond acceptors (Lipinski definition) is 7. The van der Waals surface area contributed by atoms with Gasteiger partial charge in [-0.25, -0.2) is 4.79 Å². The monoisotopic (exact) mass is 401 g/mol. The molecule has 3 aromatic rings. The molecule has 2 aliphatic heterocycles. The van der Waals surface area contributed by atoms with Crippen LogP contribution in [0, 0.1) is 11.3 Å². The van der Waals surface area contributed by atoms with Gasteiger partial charge in [0, 0.05) is 43.5 Å². The van der Waals surface area contributed by atoms with E-state index in [2.05, 4.69) is 21.9 Å². The molecular weight excluding hydrogens is 382 g/mol. The molecule has 2 aliphatic rings. The second kappa shape index (κ2) is 7.48. The molecule has 5 rings (SSSR count). The molecule has 0 N–H and O–H groups in total. The Bertz CT molecular complexity index is 1180. The van der Waals surface area contributed by atoms with Gasteiger partial charge in [-0.05, 0) is 30.3 Å². The number of anilines is 2. The average molecular weight is 401 g/mol. The van der Waals surface area contributed by atoms with Gasteiger partial charge >= 0.3 is 5.63 Å². The van der Waals surface area contributed by atoms with Gasteiger partial charge in [0.2, 0.25) is 6.79 Å². The maximum absolute atomic E-state index is 12.5. The van der Waals surface area contributed by atoms with Crippen molar-refractivity contribution in [2.24, 2.45) is 0 Å². The lowest BCUT2D eigenvalue weighted by molar-refractivity contribution is 0.174. The average Bonchev–Trinajstić information content (AvgIpc) is 3.27. The summed E-state index contributed by atoms with van der Waals surface area (Å²) in [6, 6.07) is 19.4. The summed E-state index contributed by atoms with van der Waals surface area (Å²) in [6.07, 6.45) is 0. The van der Waals surface area contributed by atoms with E-state index in [-0.39, 0.29) is 12.4 Å². The number of nitriles is 1. The first-order valence-corrected chi connectivity index (χ1v) is 9.76. The number of para-hydroxylation sites is 1. The summed E-state index contributed by atoms with van der Waals surface area (Å²) in [5.41, 5.74) is 1.88. The van der Waals surface area contributed by atoms with E-state index in [0.29, 0.717) is 41.6 Å². The lowest BCUT2D eigenvalue weighted by Crippen LogP contribution is -2.47. The van der Waals surface area contributed by atoms with Crippen molar-refractivity contribution >= 4 is 11.4 Å². The van der Waals surface area contributed by atoms with E-state index in [0.717, 1.165) is 13.1 Å². The van der Waals surface area contributed by atoms with Crippen LogP contribution in [0.5, 0.6) is 11.5 Å². The molecule has 7 heteroatoms. The minimum absolute atomic E-state index is 0.0349. The summed E-state index contributed by atoms with van der Waals surface area (Å²) >= 11 is 0. The fourth-order valence-electron chi connectivity index (χ4n) is 3.87. The molecule has 0 saturated carbocycles. The van der Waals surface area contributed by atoms with E-state index in [4.69, 9.17) is 13.9 Å². The van der Waals surface area contributed by atoms with Crippen LogP contribution in [0.2, 0.25) is 0 Å². The van der Waals surface area contributed by atoms with Crippen LogP contribution in [0.4, 0.5) is 11.4 Å². The molecule has 7 nitrogen and oxygen atoms in total. The molecule has 0 atom stereocenters. The van der Waals surface area contributed by atoms with Gasteiger partial charge in [-0.15, -0.1) is 0 Å². The number of rotatable bonds is 3. The summed E-state index contributed by atoms with van der Waals surface area (Å²) in [5, 5.41) is 9.56. The second-order valence-electron chi connectivity index (χ2n) is 7.15. The fourth-order valence-corrected chi connectivity index (χ4v) is 3.87. The highest BCUT2D eigenvalue weighted by Gasteiger charge is 2.23. The number of piperazine rings is 1. The highest BCUT2D eigenvalue weighted by Crippen LogP contribution is 2.36. The van der Waals surface area contributed by atoms with Crippen LogP contribution < -0.4 is 24.9 Å². The van der Waals surface area contributed by atoms with Crippen molar-refractivity contribution < 1.29 is 13.9 Å². The standard InChI is InChI=1S/C23H19N3O4/c24-14-18-19(26-10-8-25(9-11-26)17-4-2-1-3-5-17)13-21(30-23(18)27)16-6-7-20-22(12-16)29-15-28-20/h1-7,12-13H,8-11,15H2. The van der Waals surface area contributed by atoms with Crippen LogP contribution in [0.25, 0.3) is 11.3 Å². The number of benzene rings is 2. The predicted octanol–water partition coefficient (Wildman–Crippen LogP) is 3.23. The zero-order chi connectivity index (χ0) is 20.5. The van der Waals surface area contributed by atoms with Crippen LogP contribution in [0.15, 0.2) is 63.8 Å². The molecule has 0 unspecified atom stereocenters. The van der Waals surface area contributed by atoms with Crippen molar-refractivity contribution in [1.82, 2.24) is 0 Å². The number of ether oxygens (including phenoxy) is 2. The molecule has 1 saturated heterocycles. The maximum Gasteiger partial charge on any atom is 0.356 e. The van der Waals surface area contributed by atoms with Gasteiger partial charge in [0.15, 0.2) is 17.1 Å². The Morgan fingerprint density at radius 2 is 1.60 bits per heavy atom. The van der Waals surface area contributed by atoms with Crippen LogP contribution >= 0.6 is 0 Å². The Labute approximate surface area is 173 Å². The number of nitrogens with zero attached hydrogens (tertiary/aromatic N) is 3. The van der Waals surface area contributed by atoms with E-state index in [1.54, 1.807) is 18.2 Å². The quantitative estimate of drug-likeness (QED) is 0.667. The SMILES string of the molecule is N#Cc1c(N2CCN(c3ccccc3)CC2)cc(-c2ccc3c(c2)OCO3)oc1=O. The minimum atomic E-state index is -0.631. The van der Waals surface area contributed by atoms with Gasteiger partial charge in [0.25, 0.3) is 0 Å². The van der Waals surface area contributed by atoms with Crippen molar-refractivity contribution in [2.75, 3.05) is 42.8 Å². The van der Waals surface area contributed by atoms with E-state index in [9.17, 15) is 10.1 Å². The topological polar surface area (TPSA) is 78.9 Å². The Kier molecular flexibility index (Phi) is 4.52. The number of hydrogen-bond donors (Lipinski definition) is 0. The summed E-state index contributed by atoms with van der Waals surface area (Å²) < 4.78 is 16.2. The molecule has 0 spiro atoms. The van der Waals surface area contributed by atoms with Crippen molar-refractivity contribution in [3.8, 4) is 28.9 Å². The normalized spacial score (nSPS) is 15.2.